The van der Waals surface area contributed by atoms with E-state index in [1.54, 1.807) is 14.2 Å². The van der Waals surface area contributed by atoms with Crippen LogP contribution in [0.3, 0.4) is 0 Å². The van der Waals surface area contributed by atoms with Gasteiger partial charge in [0.15, 0.2) is 6.29 Å². The summed E-state index contributed by atoms with van der Waals surface area (Å²) in [4.78, 5) is 19.9. The number of aldehydes is 1. The Labute approximate surface area is 145 Å². The summed E-state index contributed by atoms with van der Waals surface area (Å²) in [5.41, 5.74) is 1.14. The summed E-state index contributed by atoms with van der Waals surface area (Å²) in [6.07, 6.45) is 2.76. The van der Waals surface area contributed by atoms with Gasteiger partial charge in [0.1, 0.15) is 33.9 Å². The smallest absolute Gasteiger partial charge is 0.170 e. The molecule has 1 fully saturated rings. The van der Waals surface area contributed by atoms with Crippen molar-refractivity contribution in [3.05, 3.63) is 40.3 Å². The summed E-state index contributed by atoms with van der Waals surface area (Å²) < 4.78 is 10.6. The number of halogens is 1. The maximum atomic E-state index is 11.2. The Balaban J connectivity index is 1.84. The minimum atomic E-state index is 0.220. The molecule has 1 N–H and O–H groups in total. The summed E-state index contributed by atoms with van der Waals surface area (Å²) in [7, 11) is 3.21. The van der Waals surface area contributed by atoms with Crippen LogP contribution in [-0.2, 0) is 6.54 Å². The lowest BCUT2D eigenvalue weighted by molar-refractivity contribution is 0.111. The van der Waals surface area contributed by atoms with Gasteiger partial charge in [-0.2, -0.15) is 0 Å². The van der Waals surface area contributed by atoms with Crippen LogP contribution in [0.15, 0.2) is 18.2 Å². The van der Waals surface area contributed by atoms with Gasteiger partial charge in [0, 0.05) is 24.1 Å². The predicted molar refractivity (Wildman–Crippen MR) is 91.3 cm³/mol. The minimum absolute atomic E-state index is 0.220. The zero-order valence-corrected chi connectivity index (χ0v) is 14.3. The normalized spacial score (nSPS) is 13.5. The number of rotatable bonds is 7. The number of nitrogens with one attached hydrogen (secondary N) is 1. The fourth-order valence-electron chi connectivity index (χ4n) is 2.38. The molecule has 1 saturated carbocycles. The largest absolute Gasteiger partial charge is 0.497 e. The highest BCUT2D eigenvalue weighted by Crippen LogP contribution is 2.39. The monoisotopic (exact) mass is 347 g/mol. The Kier molecular flexibility index (Phi) is 4.85. The second kappa shape index (κ2) is 7.05. The van der Waals surface area contributed by atoms with Gasteiger partial charge in [-0.15, -0.1) is 0 Å². The van der Waals surface area contributed by atoms with Crippen molar-refractivity contribution in [2.24, 2.45) is 0 Å². The van der Waals surface area contributed by atoms with Crippen molar-refractivity contribution in [2.75, 3.05) is 19.5 Å². The number of carbonyl (C=O) groups is 1. The molecule has 0 spiro atoms. The molecule has 0 bridgehead atoms. The second-order valence-corrected chi connectivity index (χ2v) is 5.93. The highest BCUT2D eigenvalue weighted by atomic mass is 35.5. The first-order valence-electron chi connectivity index (χ1n) is 7.63. The summed E-state index contributed by atoms with van der Waals surface area (Å²) in [5.74, 6) is 2.89. The molecule has 0 saturated heterocycles. The summed E-state index contributed by atoms with van der Waals surface area (Å²) >= 11 is 6.22. The number of hydrogen-bond acceptors (Lipinski definition) is 6. The van der Waals surface area contributed by atoms with Crippen LogP contribution in [0.4, 0.5) is 5.82 Å². The van der Waals surface area contributed by atoms with E-state index in [1.165, 1.54) is 0 Å². The molecule has 126 valence electrons. The van der Waals surface area contributed by atoms with Crippen LogP contribution in [-0.4, -0.2) is 30.5 Å². The second-order valence-electron chi connectivity index (χ2n) is 5.55. The van der Waals surface area contributed by atoms with Crippen molar-refractivity contribution >= 4 is 23.7 Å². The maximum Gasteiger partial charge on any atom is 0.170 e. The van der Waals surface area contributed by atoms with Gasteiger partial charge >= 0.3 is 0 Å². The highest BCUT2D eigenvalue weighted by Gasteiger charge is 2.28. The zero-order chi connectivity index (χ0) is 17.1. The third-order valence-electron chi connectivity index (χ3n) is 3.89. The Bertz CT molecular complexity index is 763. The van der Waals surface area contributed by atoms with Crippen LogP contribution in [0.2, 0.25) is 5.02 Å². The maximum absolute atomic E-state index is 11.2. The number of aromatic nitrogens is 2. The van der Waals surface area contributed by atoms with Gasteiger partial charge in [0.2, 0.25) is 0 Å². The van der Waals surface area contributed by atoms with Gasteiger partial charge in [-0.25, -0.2) is 9.97 Å². The molecule has 0 radical (unpaired) electrons. The molecule has 6 nitrogen and oxygen atoms in total. The molecule has 0 amide bonds. The van der Waals surface area contributed by atoms with Crippen molar-refractivity contribution < 1.29 is 14.3 Å². The van der Waals surface area contributed by atoms with E-state index in [1.807, 2.05) is 18.2 Å². The molecular formula is C17H18ClN3O3. The van der Waals surface area contributed by atoms with Gasteiger partial charge in [-0.3, -0.25) is 4.79 Å². The van der Waals surface area contributed by atoms with Crippen molar-refractivity contribution in [3.63, 3.8) is 0 Å². The third-order valence-corrected chi connectivity index (χ3v) is 4.26. The van der Waals surface area contributed by atoms with Crippen molar-refractivity contribution in [2.45, 2.75) is 25.3 Å². The molecule has 1 aromatic carbocycles. The average Bonchev–Trinajstić information content (AvgIpc) is 3.45. The van der Waals surface area contributed by atoms with Crippen molar-refractivity contribution in [1.82, 2.24) is 9.97 Å². The first kappa shape index (κ1) is 16.5. The Morgan fingerprint density at radius 1 is 1.29 bits per heavy atom. The molecule has 7 heteroatoms. The topological polar surface area (TPSA) is 73.3 Å². The van der Waals surface area contributed by atoms with Gasteiger partial charge in [0.05, 0.1) is 14.2 Å². The van der Waals surface area contributed by atoms with Gasteiger partial charge in [-0.05, 0) is 25.0 Å². The number of nitrogens with zero attached hydrogens (tertiary/aromatic N) is 2. The van der Waals surface area contributed by atoms with Crippen LogP contribution in [0.1, 0.15) is 40.6 Å². The number of methoxy groups -OCH3 is 2. The van der Waals surface area contributed by atoms with Gasteiger partial charge in [0.25, 0.3) is 0 Å². The molecule has 0 atom stereocenters. The van der Waals surface area contributed by atoms with Crippen molar-refractivity contribution in [1.29, 1.82) is 0 Å². The first-order valence-corrected chi connectivity index (χ1v) is 8.01. The Morgan fingerprint density at radius 2 is 2.08 bits per heavy atom. The standard InChI is InChI=1S/C17H18ClN3O3/c1-23-12-6-5-11(14(7-12)24-2)8-19-17-15(18)13(9-22)20-16(21-17)10-3-4-10/h5-7,9-10H,3-4,8H2,1-2H3,(H,19,20,21). The van der Waals surface area contributed by atoms with Crippen molar-refractivity contribution in [3.8, 4) is 11.5 Å². The SMILES string of the molecule is COc1ccc(CNc2nc(C3CC3)nc(C=O)c2Cl)c(OC)c1. The van der Waals surface area contributed by atoms with E-state index in [0.717, 1.165) is 24.2 Å². The lowest BCUT2D eigenvalue weighted by Gasteiger charge is -2.13. The van der Waals surface area contributed by atoms with E-state index in [0.29, 0.717) is 36.1 Å². The quantitative estimate of drug-likeness (QED) is 0.773. The molecule has 0 unspecified atom stereocenters. The molecule has 2 aromatic rings. The molecule has 1 aliphatic rings. The lowest BCUT2D eigenvalue weighted by Crippen LogP contribution is -2.08. The molecule has 0 aliphatic heterocycles. The Morgan fingerprint density at radius 3 is 2.71 bits per heavy atom. The van der Waals surface area contributed by atoms with Crippen LogP contribution < -0.4 is 14.8 Å². The fraction of sp³-hybridized carbons (Fsp3) is 0.353. The lowest BCUT2D eigenvalue weighted by atomic mass is 10.2. The summed E-state index contributed by atoms with van der Waals surface area (Å²) in [5, 5.41) is 3.41. The molecule has 1 heterocycles. The van der Waals surface area contributed by atoms with Crippen LogP contribution in [0.25, 0.3) is 0 Å². The highest BCUT2D eigenvalue weighted by molar-refractivity contribution is 6.35. The molecule has 1 aromatic heterocycles. The average molecular weight is 348 g/mol. The van der Waals surface area contributed by atoms with E-state index in [4.69, 9.17) is 21.1 Å². The van der Waals surface area contributed by atoms with E-state index < -0.39 is 0 Å². The van der Waals surface area contributed by atoms with E-state index in [-0.39, 0.29) is 10.7 Å². The number of carbonyl (C=O) groups excluding carboxylic acids is 1. The van der Waals surface area contributed by atoms with Crippen LogP contribution in [0.5, 0.6) is 11.5 Å². The molecule has 24 heavy (non-hydrogen) atoms. The van der Waals surface area contributed by atoms with Gasteiger partial charge < -0.3 is 14.8 Å². The van der Waals surface area contributed by atoms with E-state index >= 15 is 0 Å². The van der Waals surface area contributed by atoms with Crippen LogP contribution >= 0.6 is 11.6 Å². The molecular weight excluding hydrogens is 330 g/mol. The summed E-state index contributed by atoms with van der Waals surface area (Å²) in [6, 6.07) is 5.57. The molecule has 3 rings (SSSR count). The predicted octanol–water partition coefficient (Wildman–Crippen LogP) is 3.45. The number of anilines is 1. The summed E-state index contributed by atoms with van der Waals surface area (Å²) in [6.45, 7) is 0.451. The number of ether oxygens (including phenoxy) is 2. The van der Waals surface area contributed by atoms with Gasteiger partial charge in [-0.1, -0.05) is 11.6 Å². The third kappa shape index (κ3) is 3.43. The van der Waals surface area contributed by atoms with E-state index in [9.17, 15) is 4.79 Å². The minimum Gasteiger partial charge on any atom is -0.497 e. The first-order chi connectivity index (χ1) is 11.7. The van der Waals surface area contributed by atoms with E-state index in [2.05, 4.69) is 15.3 Å². The van der Waals surface area contributed by atoms with Crippen LogP contribution in [0, 0.1) is 0 Å². The fourth-order valence-corrected chi connectivity index (χ4v) is 2.57. The zero-order valence-electron chi connectivity index (χ0n) is 13.5. The molecule has 1 aliphatic carbocycles. The Hall–Kier alpha value is -2.34. The number of hydrogen-bond donors (Lipinski definition) is 1. The number of benzene rings is 1.